The molecule has 0 bridgehead atoms. The van der Waals surface area contributed by atoms with Crippen LogP contribution in [-0.2, 0) is 9.59 Å². The lowest BCUT2D eigenvalue weighted by Crippen LogP contribution is -2.54. The number of nitro groups is 1. The van der Waals surface area contributed by atoms with E-state index in [4.69, 9.17) is 17.0 Å². The number of nitrogens with zero attached hydrogens (tertiary/aromatic N) is 2. The second kappa shape index (κ2) is 7.02. The van der Waals surface area contributed by atoms with Crippen LogP contribution in [0.2, 0.25) is 0 Å². The number of nitrogens with one attached hydrogen (secondary N) is 1. The second-order valence-corrected chi connectivity index (χ2v) is 6.57. The third-order valence-electron chi connectivity index (χ3n) is 3.51. The molecule has 2 aromatic rings. The van der Waals surface area contributed by atoms with E-state index in [1.807, 2.05) is 0 Å². The van der Waals surface area contributed by atoms with Gasteiger partial charge in [-0.1, -0.05) is 11.3 Å². The number of anilines is 1. The standard InChI is InChI=1S/C16H11N3O5S2/c1-24-10-4-2-9(3-5-10)18-15(21)12(14(20)17-16(18)25)8-11-6-7-13(26-11)19(22)23/h2-8H,1H3,(H,17,20,25)/b12-8+. The molecule has 0 saturated carbocycles. The molecule has 8 nitrogen and oxygen atoms in total. The van der Waals surface area contributed by atoms with Gasteiger partial charge in [-0.3, -0.25) is 29.9 Å². The summed E-state index contributed by atoms with van der Waals surface area (Å²) in [5.74, 6) is -0.657. The molecule has 132 valence electrons. The predicted molar refractivity (Wildman–Crippen MR) is 100 cm³/mol. The number of benzene rings is 1. The molecule has 3 rings (SSSR count). The summed E-state index contributed by atoms with van der Waals surface area (Å²) in [6.45, 7) is 0. The van der Waals surface area contributed by atoms with Crippen LogP contribution in [0, 0.1) is 10.1 Å². The van der Waals surface area contributed by atoms with Crippen LogP contribution in [0.25, 0.3) is 6.08 Å². The van der Waals surface area contributed by atoms with E-state index in [9.17, 15) is 19.7 Å². The van der Waals surface area contributed by atoms with Gasteiger partial charge in [0, 0.05) is 10.9 Å². The van der Waals surface area contributed by atoms with E-state index in [1.54, 1.807) is 24.3 Å². The van der Waals surface area contributed by atoms with E-state index in [0.29, 0.717) is 16.3 Å². The fraction of sp³-hybridized carbons (Fsp3) is 0.0625. The van der Waals surface area contributed by atoms with E-state index in [0.717, 1.165) is 11.3 Å². The number of methoxy groups -OCH3 is 1. The van der Waals surface area contributed by atoms with Crippen LogP contribution in [0.3, 0.4) is 0 Å². The normalized spacial score (nSPS) is 16.0. The molecule has 0 aliphatic carbocycles. The third-order valence-corrected chi connectivity index (χ3v) is 4.78. The Hall–Kier alpha value is -3.11. The molecule has 1 fully saturated rings. The van der Waals surface area contributed by atoms with Crippen LogP contribution in [0.15, 0.2) is 42.0 Å². The molecule has 1 aliphatic heterocycles. The van der Waals surface area contributed by atoms with Gasteiger partial charge in [-0.2, -0.15) is 0 Å². The third kappa shape index (κ3) is 3.32. The number of hydrogen-bond donors (Lipinski definition) is 1. The minimum Gasteiger partial charge on any atom is -0.497 e. The number of hydrogen-bond acceptors (Lipinski definition) is 7. The maximum absolute atomic E-state index is 12.8. The van der Waals surface area contributed by atoms with Crippen molar-refractivity contribution in [3.05, 3.63) is 57.0 Å². The Morgan fingerprint density at radius 2 is 1.92 bits per heavy atom. The summed E-state index contributed by atoms with van der Waals surface area (Å²) in [7, 11) is 1.52. The van der Waals surface area contributed by atoms with Crippen LogP contribution in [0.4, 0.5) is 10.7 Å². The number of carbonyl (C=O) groups excluding carboxylic acids is 2. The van der Waals surface area contributed by atoms with Crippen molar-refractivity contribution in [2.24, 2.45) is 0 Å². The Labute approximate surface area is 156 Å². The topological polar surface area (TPSA) is 102 Å². The smallest absolute Gasteiger partial charge is 0.324 e. The Kier molecular flexibility index (Phi) is 4.78. The minimum atomic E-state index is -0.652. The van der Waals surface area contributed by atoms with Gasteiger partial charge in [0.1, 0.15) is 11.3 Å². The van der Waals surface area contributed by atoms with Crippen molar-refractivity contribution in [3.63, 3.8) is 0 Å². The summed E-state index contributed by atoms with van der Waals surface area (Å²) in [5.41, 5.74) is 0.301. The second-order valence-electron chi connectivity index (χ2n) is 5.09. The quantitative estimate of drug-likeness (QED) is 0.283. The maximum atomic E-state index is 12.8. The van der Waals surface area contributed by atoms with Crippen LogP contribution < -0.4 is 15.0 Å². The number of thiophene rings is 1. The first-order chi connectivity index (χ1) is 12.4. The summed E-state index contributed by atoms with van der Waals surface area (Å²) in [6, 6.07) is 9.37. The van der Waals surface area contributed by atoms with Crippen molar-refractivity contribution in [2.75, 3.05) is 12.0 Å². The SMILES string of the molecule is COc1ccc(N2C(=O)/C(=C/c3ccc([N+](=O)[O-])s3)C(=O)NC2=S)cc1. The van der Waals surface area contributed by atoms with Crippen LogP contribution >= 0.6 is 23.6 Å². The molecule has 0 unspecified atom stereocenters. The largest absolute Gasteiger partial charge is 0.497 e. The van der Waals surface area contributed by atoms with Crippen LogP contribution in [0.5, 0.6) is 5.75 Å². The van der Waals surface area contributed by atoms with Gasteiger partial charge in [0.2, 0.25) is 0 Å². The molecule has 1 aliphatic rings. The van der Waals surface area contributed by atoms with Crippen molar-refractivity contribution >= 4 is 57.2 Å². The van der Waals surface area contributed by atoms with Gasteiger partial charge in [0.05, 0.1) is 17.7 Å². The lowest BCUT2D eigenvalue weighted by atomic mass is 10.1. The molecule has 10 heteroatoms. The van der Waals surface area contributed by atoms with Gasteiger partial charge < -0.3 is 4.74 Å². The predicted octanol–water partition coefficient (Wildman–Crippen LogP) is 2.50. The maximum Gasteiger partial charge on any atom is 0.324 e. The number of amides is 2. The molecule has 1 aromatic heterocycles. The van der Waals surface area contributed by atoms with E-state index < -0.39 is 16.7 Å². The van der Waals surface area contributed by atoms with Crippen molar-refractivity contribution in [1.82, 2.24) is 5.32 Å². The Morgan fingerprint density at radius 1 is 1.23 bits per heavy atom. The highest BCUT2D eigenvalue weighted by atomic mass is 32.1. The Morgan fingerprint density at radius 3 is 2.50 bits per heavy atom. The molecule has 2 amide bonds. The van der Waals surface area contributed by atoms with Crippen molar-refractivity contribution in [2.45, 2.75) is 0 Å². The monoisotopic (exact) mass is 389 g/mol. The Bertz CT molecular complexity index is 949. The summed E-state index contributed by atoms with van der Waals surface area (Å²) < 4.78 is 5.08. The summed E-state index contributed by atoms with van der Waals surface area (Å²) in [6.07, 6.45) is 1.31. The van der Waals surface area contributed by atoms with Crippen molar-refractivity contribution in [1.29, 1.82) is 0 Å². The van der Waals surface area contributed by atoms with E-state index in [-0.39, 0.29) is 15.7 Å². The van der Waals surface area contributed by atoms with Gasteiger partial charge in [-0.15, -0.1) is 0 Å². The number of rotatable bonds is 4. The van der Waals surface area contributed by atoms with E-state index in [1.165, 1.54) is 30.2 Å². The zero-order valence-corrected chi connectivity index (χ0v) is 14.9. The molecular formula is C16H11N3O5S2. The molecule has 0 atom stereocenters. The van der Waals surface area contributed by atoms with Crippen LogP contribution in [-0.4, -0.2) is 29.0 Å². The van der Waals surface area contributed by atoms with Crippen molar-refractivity contribution in [3.8, 4) is 5.75 Å². The fourth-order valence-electron chi connectivity index (χ4n) is 2.28. The fourth-order valence-corrected chi connectivity index (χ4v) is 3.33. The summed E-state index contributed by atoms with van der Waals surface area (Å²) in [5, 5.41) is 13.1. The molecule has 0 radical (unpaired) electrons. The van der Waals surface area contributed by atoms with Gasteiger partial charge in [0.15, 0.2) is 5.11 Å². The molecule has 1 aromatic carbocycles. The lowest BCUT2D eigenvalue weighted by molar-refractivity contribution is -0.380. The first kappa shape index (κ1) is 17.7. The molecule has 1 saturated heterocycles. The minimum absolute atomic E-state index is 0.0422. The first-order valence-corrected chi connectivity index (χ1v) is 8.43. The molecule has 26 heavy (non-hydrogen) atoms. The highest BCUT2D eigenvalue weighted by molar-refractivity contribution is 7.80. The highest BCUT2D eigenvalue weighted by Crippen LogP contribution is 2.28. The summed E-state index contributed by atoms with van der Waals surface area (Å²) in [4.78, 5) is 36.8. The van der Waals surface area contributed by atoms with Crippen molar-refractivity contribution < 1.29 is 19.2 Å². The van der Waals surface area contributed by atoms with Gasteiger partial charge in [0.25, 0.3) is 11.8 Å². The first-order valence-electron chi connectivity index (χ1n) is 7.20. The molecule has 1 N–H and O–H groups in total. The number of carbonyl (C=O) groups is 2. The molecular weight excluding hydrogens is 378 g/mol. The average Bonchev–Trinajstić information content (AvgIpc) is 3.08. The zero-order chi connectivity index (χ0) is 18.8. The molecule has 2 heterocycles. The zero-order valence-electron chi connectivity index (χ0n) is 13.3. The lowest BCUT2D eigenvalue weighted by Gasteiger charge is -2.28. The van der Waals surface area contributed by atoms with Gasteiger partial charge >= 0.3 is 5.00 Å². The van der Waals surface area contributed by atoms with Gasteiger partial charge in [-0.25, -0.2) is 0 Å². The number of thiocarbonyl (C=S) groups is 1. The van der Waals surface area contributed by atoms with Crippen LogP contribution in [0.1, 0.15) is 4.88 Å². The Balaban J connectivity index is 1.96. The molecule has 0 spiro atoms. The van der Waals surface area contributed by atoms with E-state index >= 15 is 0 Å². The number of ether oxygens (including phenoxy) is 1. The van der Waals surface area contributed by atoms with E-state index in [2.05, 4.69) is 5.32 Å². The summed E-state index contributed by atoms with van der Waals surface area (Å²) >= 11 is 5.97. The highest BCUT2D eigenvalue weighted by Gasteiger charge is 2.34. The average molecular weight is 389 g/mol. The van der Waals surface area contributed by atoms with Gasteiger partial charge in [-0.05, 0) is 48.6 Å².